The van der Waals surface area contributed by atoms with Crippen LogP contribution >= 0.6 is 0 Å². The zero-order valence-corrected chi connectivity index (χ0v) is 8.17. The highest BCUT2D eigenvalue weighted by atomic mass is 16.2. The highest BCUT2D eigenvalue weighted by Gasteiger charge is 1.99. The van der Waals surface area contributed by atoms with Crippen LogP contribution in [0.25, 0.3) is 5.65 Å². The lowest BCUT2D eigenvalue weighted by Crippen LogP contribution is -2.06. The Morgan fingerprint density at radius 3 is 3.13 bits per heavy atom. The van der Waals surface area contributed by atoms with Crippen LogP contribution in [0.5, 0.6) is 0 Å². The number of tetrazole rings is 1. The molecule has 0 unspecified atom stereocenters. The first kappa shape index (κ1) is 9.78. The second-order valence-electron chi connectivity index (χ2n) is 3.10. The summed E-state index contributed by atoms with van der Waals surface area (Å²) in [6, 6.07) is 3.62. The van der Waals surface area contributed by atoms with Crippen molar-refractivity contribution in [3.8, 4) is 0 Å². The Bertz CT molecular complexity index is 428. The highest BCUT2D eigenvalue weighted by molar-refractivity contribution is 5.41. The molecule has 0 aliphatic carbocycles. The minimum atomic E-state index is 0.223. The lowest BCUT2D eigenvalue weighted by Gasteiger charge is -2.03. The minimum absolute atomic E-state index is 0.223. The van der Waals surface area contributed by atoms with Crippen molar-refractivity contribution in [3.63, 3.8) is 0 Å². The van der Waals surface area contributed by atoms with Crippen molar-refractivity contribution in [1.29, 1.82) is 0 Å². The fraction of sp³-hybridized carbons (Fsp3) is 0.500. The molecule has 7 heteroatoms. The van der Waals surface area contributed by atoms with Gasteiger partial charge in [-0.3, -0.25) is 0 Å². The van der Waals surface area contributed by atoms with Crippen LogP contribution < -0.4 is 5.32 Å². The molecule has 0 radical (unpaired) electrons. The smallest absolute Gasteiger partial charge is 0.200 e. The lowest BCUT2D eigenvalue weighted by atomic mass is 10.3. The Hall–Kier alpha value is -1.76. The average Bonchev–Trinajstić information content (AvgIpc) is 2.71. The summed E-state index contributed by atoms with van der Waals surface area (Å²) >= 11 is 0. The van der Waals surface area contributed by atoms with Gasteiger partial charge in [-0.1, -0.05) is 0 Å². The van der Waals surface area contributed by atoms with Crippen molar-refractivity contribution in [2.45, 2.75) is 12.8 Å². The van der Waals surface area contributed by atoms with Gasteiger partial charge in [0.2, 0.25) is 0 Å². The van der Waals surface area contributed by atoms with E-state index in [-0.39, 0.29) is 6.61 Å². The molecule has 0 amide bonds. The van der Waals surface area contributed by atoms with E-state index in [1.807, 2.05) is 6.07 Å². The number of aromatic nitrogens is 5. The Morgan fingerprint density at radius 1 is 1.33 bits per heavy atom. The summed E-state index contributed by atoms with van der Waals surface area (Å²) in [5.41, 5.74) is 0.621. The van der Waals surface area contributed by atoms with Crippen LogP contribution in [0.2, 0.25) is 0 Å². The van der Waals surface area contributed by atoms with E-state index in [1.54, 1.807) is 6.07 Å². The summed E-state index contributed by atoms with van der Waals surface area (Å²) in [5.74, 6) is 0.729. The van der Waals surface area contributed by atoms with Gasteiger partial charge in [0.25, 0.3) is 0 Å². The van der Waals surface area contributed by atoms with Crippen molar-refractivity contribution < 1.29 is 5.11 Å². The summed E-state index contributed by atoms with van der Waals surface area (Å²) < 4.78 is 1.37. The summed E-state index contributed by atoms with van der Waals surface area (Å²) in [6.45, 7) is 1.00. The number of nitrogens with one attached hydrogen (secondary N) is 1. The molecule has 0 bridgehead atoms. The fourth-order valence-corrected chi connectivity index (χ4v) is 1.20. The number of hydrogen-bond donors (Lipinski definition) is 2. The maximum atomic E-state index is 8.60. The molecule has 0 aliphatic rings. The van der Waals surface area contributed by atoms with E-state index < -0.39 is 0 Å². The normalized spacial score (nSPS) is 10.7. The predicted octanol–water partition coefficient (Wildman–Crippen LogP) is -0.296. The highest BCUT2D eigenvalue weighted by Crippen LogP contribution is 2.03. The largest absolute Gasteiger partial charge is 0.396 e. The summed E-state index contributed by atoms with van der Waals surface area (Å²) in [6.07, 6.45) is 1.70. The Kier molecular flexibility index (Phi) is 3.03. The van der Waals surface area contributed by atoms with Crippen molar-refractivity contribution in [2.75, 3.05) is 18.5 Å². The molecule has 15 heavy (non-hydrogen) atoms. The van der Waals surface area contributed by atoms with Gasteiger partial charge in [-0.2, -0.15) is 0 Å². The molecule has 0 fully saturated rings. The molecule has 2 N–H and O–H groups in total. The van der Waals surface area contributed by atoms with Crippen LogP contribution in [-0.2, 0) is 0 Å². The zero-order valence-electron chi connectivity index (χ0n) is 8.17. The predicted molar refractivity (Wildman–Crippen MR) is 53.4 cm³/mol. The fourth-order valence-electron chi connectivity index (χ4n) is 1.20. The molecule has 2 heterocycles. The number of unbranched alkanes of at least 4 members (excludes halogenated alkanes) is 1. The number of anilines is 1. The van der Waals surface area contributed by atoms with E-state index in [4.69, 9.17) is 5.11 Å². The van der Waals surface area contributed by atoms with Crippen LogP contribution in [0, 0.1) is 0 Å². The molecule has 2 aromatic rings. The number of hydrogen-bond acceptors (Lipinski definition) is 6. The van der Waals surface area contributed by atoms with E-state index in [1.165, 1.54) is 4.63 Å². The van der Waals surface area contributed by atoms with E-state index in [2.05, 4.69) is 25.9 Å². The molecule has 7 nitrogen and oxygen atoms in total. The number of fused-ring (bicyclic) bond motifs is 1. The molecule has 0 saturated heterocycles. The van der Waals surface area contributed by atoms with Gasteiger partial charge in [-0.05, 0) is 35.4 Å². The van der Waals surface area contributed by atoms with Crippen molar-refractivity contribution >= 4 is 11.5 Å². The first-order valence-corrected chi connectivity index (χ1v) is 4.80. The third kappa shape index (κ3) is 2.38. The number of aliphatic hydroxyl groups is 1. The molecule has 0 saturated carbocycles. The number of nitrogens with zero attached hydrogens (tertiary/aromatic N) is 5. The Labute approximate surface area is 86.1 Å². The van der Waals surface area contributed by atoms with Gasteiger partial charge < -0.3 is 10.4 Å². The van der Waals surface area contributed by atoms with Gasteiger partial charge in [0.1, 0.15) is 5.82 Å². The summed E-state index contributed by atoms with van der Waals surface area (Å²) in [5, 5.41) is 26.8. The van der Waals surface area contributed by atoms with Crippen molar-refractivity contribution in [1.82, 2.24) is 25.3 Å². The van der Waals surface area contributed by atoms with Crippen molar-refractivity contribution in [3.05, 3.63) is 12.1 Å². The number of aliphatic hydroxyl groups excluding tert-OH is 1. The molecule has 2 aromatic heterocycles. The molecule has 0 atom stereocenters. The first-order chi connectivity index (χ1) is 7.40. The van der Waals surface area contributed by atoms with E-state index in [0.717, 1.165) is 25.2 Å². The maximum absolute atomic E-state index is 8.60. The average molecular weight is 208 g/mol. The Balaban J connectivity index is 1.96. The van der Waals surface area contributed by atoms with Crippen LogP contribution in [0.15, 0.2) is 12.1 Å². The van der Waals surface area contributed by atoms with Gasteiger partial charge >= 0.3 is 0 Å². The quantitative estimate of drug-likeness (QED) is 0.656. The SMILES string of the molecule is OCCCCNc1ccc2nnnn2n1. The minimum Gasteiger partial charge on any atom is -0.396 e. The van der Waals surface area contributed by atoms with E-state index >= 15 is 0 Å². The van der Waals surface area contributed by atoms with Crippen LogP contribution in [0.4, 0.5) is 5.82 Å². The second-order valence-corrected chi connectivity index (χ2v) is 3.10. The van der Waals surface area contributed by atoms with Gasteiger partial charge in [0, 0.05) is 13.2 Å². The first-order valence-electron chi connectivity index (χ1n) is 4.80. The van der Waals surface area contributed by atoms with Crippen LogP contribution in [0.3, 0.4) is 0 Å². The molecule has 2 rings (SSSR count). The van der Waals surface area contributed by atoms with Crippen LogP contribution in [0.1, 0.15) is 12.8 Å². The van der Waals surface area contributed by atoms with Gasteiger partial charge in [0.15, 0.2) is 5.65 Å². The van der Waals surface area contributed by atoms with Gasteiger partial charge in [-0.15, -0.1) is 14.8 Å². The summed E-state index contributed by atoms with van der Waals surface area (Å²) in [4.78, 5) is 0. The van der Waals surface area contributed by atoms with Gasteiger partial charge in [0.05, 0.1) is 0 Å². The Morgan fingerprint density at radius 2 is 2.27 bits per heavy atom. The lowest BCUT2D eigenvalue weighted by molar-refractivity contribution is 0.286. The second kappa shape index (κ2) is 4.65. The molecule has 0 spiro atoms. The molecular weight excluding hydrogens is 196 g/mol. The third-order valence-electron chi connectivity index (χ3n) is 1.96. The maximum Gasteiger partial charge on any atom is 0.200 e. The standard InChI is InChI=1S/C8H12N6O/c15-6-2-1-5-9-7-3-4-8-10-12-13-14(8)11-7/h3-4,15H,1-2,5-6H2,(H,9,11). The van der Waals surface area contributed by atoms with E-state index in [9.17, 15) is 0 Å². The summed E-state index contributed by atoms with van der Waals surface area (Å²) in [7, 11) is 0. The van der Waals surface area contributed by atoms with E-state index in [0.29, 0.717) is 5.65 Å². The van der Waals surface area contributed by atoms with Crippen molar-refractivity contribution in [2.24, 2.45) is 0 Å². The molecular formula is C8H12N6O. The molecule has 0 aromatic carbocycles. The van der Waals surface area contributed by atoms with Crippen LogP contribution in [-0.4, -0.2) is 43.5 Å². The monoisotopic (exact) mass is 208 g/mol. The molecule has 80 valence electrons. The molecule has 0 aliphatic heterocycles. The van der Waals surface area contributed by atoms with Gasteiger partial charge in [-0.25, -0.2) is 0 Å². The zero-order chi connectivity index (χ0) is 10.5. The topological polar surface area (TPSA) is 88.2 Å². The number of rotatable bonds is 5. The third-order valence-corrected chi connectivity index (χ3v) is 1.96.